The van der Waals surface area contributed by atoms with Crippen LogP contribution in [0.3, 0.4) is 0 Å². The molecule has 0 fully saturated rings. The molecule has 0 aliphatic heterocycles. The molecule has 2 nitrogen and oxygen atoms in total. The zero-order valence-electron chi connectivity index (χ0n) is 16.2. The summed E-state index contributed by atoms with van der Waals surface area (Å²) < 4.78 is 0. The van der Waals surface area contributed by atoms with Crippen LogP contribution in [0.25, 0.3) is 33.4 Å². The van der Waals surface area contributed by atoms with E-state index in [1.807, 2.05) is 18.2 Å². The quantitative estimate of drug-likeness (QED) is 0.409. The first kappa shape index (κ1) is 17.9. The highest BCUT2D eigenvalue weighted by atomic mass is 14.5. The standard InChI is InChI=1S/C26H24N2/c1-17-4-3-5-20(14-17)24-12-6-18(2)15-25(24)26-16-22(28)11-13-23(26)19-7-9-21(27)10-8-19/h3-16H,27-28H2,1-2H3. The summed E-state index contributed by atoms with van der Waals surface area (Å²) in [6.07, 6.45) is 0. The number of benzene rings is 4. The van der Waals surface area contributed by atoms with Gasteiger partial charge in [-0.3, -0.25) is 0 Å². The van der Waals surface area contributed by atoms with E-state index in [0.717, 1.165) is 28.1 Å². The van der Waals surface area contributed by atoms with Crippen LogP contribution in [0.5, 0.6) is 0 Å². The van der Waals surface area contributed by atoms with Crippen LogP contribution in [0.1, 0.15) is 11.1 Å². The van der Waals surface area contributed by atoms with Crippen LogP contribution in [0, 0.1) is 13.8 Å². The molecule has 0 radical (unpaired) electrons. The summed E-state index contributed by atoms with van der Waals surface area (Å²) in [6.45, 7) is 4.25. The van der Waals surface area contributed by atoms with E-state index in [-0.39, 0.29) is 0 Å². The SMILES string of the molecule is Cc1cccc(-c2ccc(C)cc2-c2cc(N)ccc2-c2ccc(N)cc2)c1. The molecule has 0 spiro atoms. The van der Waals surface area contributed by atoms with Gasteiger partial charge in [-0.1, -0.05) is 71.8 Å². The van der Waals surface area contributed by atoms with Gasteiger partial charge in [-0.25, -0.2) is 0 Å². The fourth-order valence-electron chi connectivity index (χ4n) is 3.64. The van der Waals surface area contributed by atoms with Gasteiger partial charge in [0.05, 0.1) is 0 Å². The predicted molar refractivity (Wildman–Crippen MR) is 121 cm³/mol. The molecule has 0 heterocycles. The van der Waals surface area contributed by atoms with Gasteiger partial charge in [0.25, 0.3) is 0 Å². The van der Waals surface area contributed by atoms with Crippen molar-refractivity contribution in [3.8, 4) is 33.4 Å². The molecule has 0 saturated heterocycles. The molecule has 138 valence electrons. The molecule has 4 aromatic rings. The van der Waals surface area contributed by atoms with Crippen molar-refractivity contribution in [2.45, 2.75) is 13.8 Å². The van der Waals surface area contributed by atoms with E-state index >= 15 is 0 Å². The molecule has 0 unspecified atom stereocenters. The van der Waals surface area contributed by atoms with Gasteiger partial charge in [0.15, 0.2) is 0 Å². The van der Waals surface area contributed by atoms with Crippen LogP contribution in [-0.4, -0.2) is 0 Å². The average molecular weight is 364 g/mol. The molecule has 0 aliphatic rings. The van der Waals surface area contributed by atoms with E-state index in [2.05, 4.69) is 80.6 Å². The summed E-state index contributed by atoms with van der Waals surface area (Å²) in [7, 11) is 0. The lowest BCUT2D eigenvalue weighted by molar-refractivity contribution is 1.44. The van der Waals surface area contributed by atoms with Crippen molar-refractivity contribution in [1.82, 2.24) is 0 Å². The third kappa shape index (κ3) is 3.49. The predicted octanol–water partition coefficient (Wildman–Crippen LogP) is 6.47. The van der Waals surface area contributed by atoms with Crippen LogP contribution < -0.4 is 11.5 Å². The summed E-state index contributed by atoms with van der Waals surface area (Å²) in [6, 6.07) is 29.3. The lowest BCUT2D eigenvalue weighted by atomic mass is 9.88. The number of nitrogens with two attached hydrogens (primary N) is 2. The van der Waals surface area contributed by atoms with E-state index in [9.17, 15) is 0 Å². The smallest absolute Gasteiger partial charge is 0.0320 e. The maximum atomic E-state index is 6.20. The second kappa shape index (κ2) is 7.24. The lowest BCUT2D eigenvalue weighted by Gasteiger charge is -2.17. The Labute approximate surface area is 166 Å². The van der Waals surface area contributed by atoms with Gasteiger partial charge in [0.2, 0.25) is 0 Å². The Kier molecular flexibility index (Phi) is 4.62. The lowest BCUT2D eigenvalue weighted by Crippen LogP contribution is -1.93. The Hall–Kier alpha value is -3.52. The third-order valence-electron chi connectivity index (χ3n) is 5.06. The Bertz CT molecular complexity index is 1140. The maximum Gasteiger partial charge on any atom is 0.0320 e. The van der Waals surface area contributed by atoms with Gasteiger partial charge in [-0.05, 0) is 71.5 Å². The van der Waals surface area contributed by atoms with Gasteiger partial charge in [0, 0.05) is 11.4 Å². The summed E-state index contributed by atoms with van der Waals surface area (Å²) in [5.41, 5.74) is 23.1. The minimum atomic E-state index is 0.755. The molecular weight excluding hydrogens is 340 g/mol. The largest absolute Gasteiger partial charge is 0.399 e. The Morgan fingerprint density at radius 1 is 0.464 bits per heavy atom. The Balaban J connectivity index is 1.98. The molecular formula is C26H24N2. The van der Waals surface area contributed by atoms with Crippen LogP contribution in [-0.2, 0) is 0 Å². The molecule has 0 atom stereocenters. The van der Waals surface area contributed by atoms with E-state index in [4.69, 9.17) is 11.5 Å². The first-order chi connectivity index (χ1) is 13.5. The zero-order valence-corrected chi connectivity index (χ0v) is 16.2. The van der Waals surface area contributed by atoms with Crippen LogP contribution >= 0.6 is 0 Å². The van der Waals surface area contributed by atoms with E-state index in [0.29, 0.717) is 0 Å². The average Bonchev–Trinajstić information content (AvgIpc) is 2.69. The van der Waals surface area contributed by atoms with Crippen LogP contribution in [0.4, 0.5) is 11.4 Å². The summed E-state index contributed by atoms with van der Waals surface area (Å²) >= 11 is 0. The van der Waals surface area contributed by atoms with Crippen molar-refractivity contribution in [2.24, 2.45) is 0 Å². The summed E-state index contributed by atoms with van der Waals surface area (Å²) in [5, 5.41) is 0. The topological polar surface area (TPSA) is 52.0 Å². The number of nitrogen functional groups attached to an aromatic ring is 2. The molecule has 28 heavy (non-hydrogen) atoms. The van der Waals surface area contributed by atoms with Gasteiger partial charge in [-0.2, -0.15) is 0 Å². The van der Waals surface area contributed by atoms with Crippen LogP contribution in [0.15, 0.2) is 84.9 Å². The highest BCUT2D eigenvalue weighted by Gasteiger charge is 2.14. The van der Waals surface area contributed by atoms with Crippen molar-refractivity contribution >= 4 is 11.4 Å². The number of aryl methyl sites for hydroxylation is 2. The number of anilines is 2. The third-order valence-corrected chi connectivity index (χ3v) is 5.06. The minimum absolute atomic E-state index is 0.755. The molecule has 0 bridgehead atoms. The van der Waals surface area contributed by atoms with Crippen molar-refractivity contribution in [1.29, 1.82) is 0 Å². The molecule has 4 N–H and O–H groups in total. The zero-order chi connectivity index (χ0) is 19.7. The Morgan fingerprint density at radius 3 is 1.82 bits per heavy atom. The van der Waals surface area contributed by atoms with Crippen molar-refractivity contribution in [3.63, 3.8) is 0 Å². The van der Waals surface area contributed by atoms with Gasteiger partial charge in [0.1, 0.15) is 0 Å². The van der Waals surface area contributed by atoms with E-state index in [1.165, 1.54) is 27.8 Å². The molecule has 0 saturated carbocycles. The van der Waals surface area contributed by atoms with Crippen molar-refractivity contribution < 1.29 is 0 Å². The first-order valence-corrected chi connectivity index (χ1v) is 9.45. The van der Waals surface area contributed by atoms with Gasteiger partial charge in [-0.15, -0.1) is 0 Å². The summed E-state index contributed by atoms with van der Waals surface area (Å²) in [4.78, 5) is 0. The minimum Gasteiger partial charge on any atom is -0.399 e. The Morgan fingerprint density at radius 2 is 1.07 bits per heavy atom. The normalized spacial score (nSPS) is 10.8. The van der Waals surface area contributed by atoms with Crippen LogP contribution in [0.2, 0.25) is 0 Å². The number of hydrogen-bond acceptors (Lipinski definition) is 2. The molecule has 0 aromatic heterocycles. The van der Waals surface area contributed by atoms with Gasteiger partial charge >= 0.3 is 0 Å². The molecule has 2 heteroatoms. The van der Waals surface area contributed by atoms with Crippen molar-refractivity contribution in [2.75, 3.05) is 11.5 Å². The summed E-state index contributed by atoms with van der Waals surface area (Å²) in [5.74, 6) is 0. The molecule has 4 rings (SSSR count). The van der Waals surface area contributed by atoms with E-state index in [1.54, 1.807) is 0 Å². The fourth-order valence-corrected chi connectivity index (χ4v) is 3.64. The van der Waals surface area contributed by atoms with Gasteiger partial charge < -0.3 is 11.5 Å². The fraction of sp³-hybridized carbons (Fsp3) is 0.0769. The number of hydrogen-bond donors (Lipinski definition) is 2. The maximum absolute atomic E-state index is 6.20. The highest BCUT2D eigenvalue weighted by molar-refractivity contribution is 5.93. The highest BCUT2D eigenvalue weighted by Crippen LogP contribution is 2.40. The van der Waals surface area contributed by atoms with Crippen molar-refractivity contribution in [3.05, 3.63) is 96.1 Å². The second-order valence-electron chi connectivity index (χ2n) is 7.35. The molecule has 0 aliphatic carbocycles. The monoisotopic (exact) mass is 364 g/mol. The second-order valence-corrected chi connectivity index (χ2v) is 7.35. The first-order valence-electron chi connectivity index (χ1n) is 9.45. The van der Waals surface area contributed by atoms with E-state index < -0.39 is 0 Å². The molecule has 4 aromatic carbocycles. The number of rotatable bonds is 3. The molecule has 0 amide bonds.